The van der Waals surface area contributed by atoms with Gasteiger partial charge in [0.2, 0.25) is 0 Å². The fourth-order valence-corrected chi connectivity index (χ4v) is 2.19. The molecule has 3 nitrogen and oxygen atoms in total. The third-order valence-corrected chi connectivity index (χ3v) is 3.06. The topological polar surface area (TPSA) is 42.9 Å². The van der Waals surface area contributed by atoms with Gasteiger partial charge in [-0.2, -0.15) is 0 Å². The van der Waals surface area contributed by atoms with Crippen molar-refractivity contribution in [2.45, 2.75) is 27.2 Å². The molecule has 0 atom stereocenters. The maximum atomic E-state index is 12.1. The van der Waals surface area contributed by atoms with Crippen molar-refractivity contribution in [1.29, 1.82) is 0 Å². The number of ketones is 1. The fraction of sp³-hybridized carbons (Fsp3) is 0.267. The number of nitrogens with zero attached hydrogens (tertiary/aromatic N) is 2. The van der Waals surface area contributed by atoms with E-state index in [9.17, 15) is 4.79 Å². The molecule has 2 aromatic rings. The number of hydrogen-bond donors (Lipinski definition) is 0. The van der Waals surface area contributed by atoms with Crippen molar-refractivity contribution in [1.82, 2.24) is 9.97 Å². The summed E-state index contributed by atoms with van der Waals surface area (Å²) in [4.78, 5) is 19.9. The molecule has 1 aromatic heterocycles. The molecule has 0 aliphatic rings. The van der Waals surface area contributed by atoms with Crippen LogP contribution in [0, 0.1) is 20.8 Å². The van der Waals surface area contributed by atoms with E-state index in [1.54, 1.807) is 12.4 Å². The highest BCUT2D eigenvalue weighted by Crippen LogP contribution is 2.18. The molecule has 0 aliphatic carbocycles. The monoisotopic (exact) mass is 240 g/mol. The van der Waals surface area contributed by atoms with Crippen LogP contribution in [-0.2, 0) is 6.42 Å². The molecule has 0 fully saturated rings. The van der Waals surface area contributed by atoms with Crippen LogP contribution in [0.15, 0.2) is 30.9 Å². The summed E-state index contributed by atoms with van der Waals surface area (Å²) in [6.45, 7) is 6.16. The number of carbonyl (C=O) groups is 1. The van der Waals surface area contributed by atoms with Crippen LogP contribution >= 0.6 is 0 Å². The molecule has 0 unspecified atom stereocenters. The Morgan fingerprint density at radius 3 is 2.17 bits per heavy atom. The van der Waals surface area contributed by atoms with E-state index in [0.717, 1.165) is 16.7 Å². The van der Waals surface area contributed by atoms with Crippen molar-refractivity contribution in [2.75, 3.05) is 0 Å². The second kappa shape index (κ2) is 5.08. The standard InChI is InChI=1S/C15H16N2O/c1-10-4-11(2)14(12(3)5-10)6-15(18)13-7-16-9-17-8-13/h4-5,7-9H,6H2,1-3H3. The van der Waals surface area contributed by atoms with Crippen LogP contribution in [0.3, 0.4) is 0 Å². The van der Waals surface area contributed by atoms with Gasteiger partial charge in [0.1, 0.15) is 6.33 Å². The molecule has 1 heterocycles. The molecule has 0 radical (unpaired) electrons. The molecular formula is C15H16N2O. The van der Waals surface area contributed by atoms with Crippen LogP contribution < -0.4 is 0 Å². The summed E-state index contributed by atoms with van der Waals surface area (Å²) >= 11 is 0. The average Bonchev–Trinajstić information content (AvgIpc) is 2.34. The molecular weight excluding hydrogens is 224 g/mol. The molecule has 2 rings (SSSR count). The zero-order chi connectivity index (χ0) is 13.1. The second-order valence-corrected chi connectivity index (χ2v) is 4.60. The Hall–Kier alpha value is -2.03. The number of benzene rings is 1. The van der Waals surface area contributed by atoms with Crippen LogP contribution in [0.1, 0.15) is 32.6 Å². The Morgan fingerprint density at radius 1 is 1.06 bits per heavy atom. The number of aryl methyl sites for hydroxylation is 3. The molecule has 1 aromatic carbocycles. The van der Waals surface area contributed by atoms with Crippen molar-refractivity contribution < 1.29 is 4.79 Å². The Labute approximate surface area is 107 Å². The third-order valence-electron chi connectivity index (χ3n) is 3.06. The zero-order valence-corrected chi connectivity index (χ0v) is 10.9. The van der Waals surface area contributed by atoms with Crippen LogP contribution in [0.4, 0.5) is 0 Å². The maximum absolute atomic E-state index is 12.1. The average molecular weight is 240 g/mol. The van der Waals surface area contributed by atoms with E-state index in [0.29, 0.717) is 12.0 Å². The highest BCUT2D eigenvalue weighted by Gasteiger charge is 2.11. The molecule has 18 heavy (non-hydrogen) atoms. The molecule has 0 saturated carbocycles. The first-order valence-corrected chi connectivity index (χ1v) is 5.93. The first-order valence-electron chi connectivity index (χ1n) is 5.93. The van der Waals surface area contributed by atoms with Gasteiger partial charge in [0.25, 0.3) is 0 Å². The summed E-state index contributed by atoms with van der Waals surface area (Å²) in [6.07, 6.45) is 4.97. The molecule has 92 valence electrons. The highest BCUT2D eigenvalue weighted by molar-refractivity contribution is 5.97. The first-order chi connectivity index (χ1) is 8.58. The molecule has 0 bridgehead atoms. The molecule has 0 saturated heterocycles. The predicted molar refractivity (Wildman–Crippen MR) is 70.7 cm³/mol. The molecule has 0 N–H and O–H groups in total. The Balaban J connectivity index is 2.28. The quantitative estimate of drug-likeness (QED) is 0.775. The lowest BCUT2D eigenvalue weighted by molar-refractivity contribution is 0.0992. The van der Waals surface area contributed by atoms with Crippen LogP contribution in [0.25, 0.3) is 0 Å². The van der Waals surface area contributed by atoms with E-state index in [2.05, 4.69) is 29.0 Å². The van der Waals surface area contributed by atoms with E-state index in [1.807, 2.05) is 13.8 Å². The number of carbonyl (C=O) groups excluding carboxylic acids is 1. The van der Waals surface area contributed by atoms with Gasteiger partial charge < -0.3 is 0 Å². The van der Waals surface area contributed by atoms with Crippen molar-refractivity contribution in [3.05, 3.63) is 58.7 Å². The summed E-state index contributed by atoms with van der Waals surface area (Å²) in [5.41, 5.74) is 5.23. The van der Waals surface area contributed by atoms with Crippen molar-refractivity contribution in [3.63, 3.8) is 0 Å². The first kappa shape index (κ1) is 12.4. The lowest BCUT2D eigenvalue weighted by Crippen LogP contribution is -2.07. The van der Waals surface area contributed by atoms with Gasteiger partial charge in [0, 0.05) is 18.8 Å². The van der Waals surface area contributed by atoms with Gasteiger partial charge in [0.05, 0.1) is 5.56 Å². The minimum Gasteiger partial charge on any atom is -0.294 e. The summed E-state index contributed by atoms with van der Waals surface area (Å²) in [5.74, 6) is 0.0608. The smallest absolute Gasteiger partial charge is 0.170 e. The largest absolute Gasteiger partial charge is 0.294 e. The van der Waals surface area contributed by atoms with Crippen LogP contribution in [-0.4, -0.2) is 15.8 Å². The normalized spacial score (nSPS) is 10.4. The van der Waals surface area contributed by atoms with E-state index in [4.69, 9.17) is 0 Å². The fourth-order valence-electron chi connectivity index (χ4n) is 2.19. The van der Waals surface area contributed by atoms with E-state index in [-0.39, 0.29) is 5.78 Å². The second-order valence-electron chi connectivity index (χ2n) is 4.60. The van der Waals surface area contributed by atoms with Gasteiger partial charge in [-0.3, -0.25) is 4.79 Å². The number of Topliss-reactive ketones (excluding diaryl/α,β-unsaturated/α-hetero) is 1. The van der Waals surface area contributed by atoms with Crippen molar-refractivity contribution >= 4 is 5.78 Å². The number of aromatic nitrogens is 2. The van der Waals surface area contributed by atoms with Gasteiger partial charge in [0.15, 0.2) is 5.78 Å². The Morgan fingerprint density at radius 2 is 1.61 bits per heavy atom. The van der Waals surface area contributed by atoms with Crippen LogP contribution in [0.5, 0.6) is 0 Å². The molecule has 3 heteroatoms. The van der Waals surface area contributed by atoms with Gasteiger partial charge in [-0.1, -0.05) is 17.7 Å². The molecule has 0 aliphatic heterocycles. The number of rotatable bonds is 3. The minimum absolute atomic E-state index is 0.0608. The van der Waals surface area contributed by atoms with Gasteiger partial charge in [-0.15, -0.1) is 0 Å². The number of hydrogen-bond acceptors (Lipinski definition) is 3. The van der Waals surface area contributed by atoms with Crippen molar-refractivity contribution in [3.8, 4) is 0 Å². The maximum Gasteiger partial charge on any atom is 0.170 e. The third kappa shape index (κ3) is 2.62. The van der Waals surface area contributed by atoms with Gasteiger partial charge >= 0.3 is 0 Å². The van der Waals surface area contributed by atoms with Gasteiger partial charge in [-0.05, 0) is 37.5 Å². The minimum atomic E-state index is 0.0608. The lowest BCUT2D eigenvalue weighted by Gasteiger charge is -2.10. The van der Waals surface area contributed by atoms with Crippen molar-refractivity contribution in [2.24, 2.45) is 0 Å². The summed E-state index contributed by atoms with van der Waals surface area (Å²) < 4.78 is 0. The SMILES string of the molecule is Cc1cc(C)c(CC(=O)c2cncnc2)c(C)c1. The van der Waals surface area contributed by atoms with E-state index >= 15 is 0 Å². The Bertz CT molecular complexity index is 553. The van der Waals surface area contributed by atoms with E-state index < -0.39 is 0 Å². The van der Waals surface area contributed by atoms with Crippen LogP contribution in [0.2, 0.25) is 0 Å². The summed E-state index contributed by atoms with van der Waals surface area (Å²) in [5, 5.41) is 0. The lowest BCUT2D eigenvalue weighted by atomic mass is 9.94. The zero-order valence-electron chi connectivity index (χ0n) is 10.9. The molecule has 0 spiro atoms. The molecule has 0 amide bonds. The van der Waals surface area contributed by atoms with E-state index in [1.165, 1.54) is 11.9 Å². The van der Waals surface area contributed by atoms with Gasteiger partial charge in [-0.25, -0.2) is 9.97 Å². The highest BCUT2D eigenvalue weighted by atomic mass is 16.1. The Kier molecular flexibility index (Phi) is 3.51. The summed E-state index contributed by atoms with van der Waals surface area (Å²) in [6, 6.07) is 4.22. The predicted octanol–water partition coefficient (Wildman–Crippen LogP) is 2.83. The summed E-state index contributed by atoms with van der Waals surface area (Å²) in [7, 11) is 0.